The Morgan fingerprint density at radius 3 is 2.38 bits per heavy atom. The molecule has 3 rings (SSSR count). The summed E-state index contributed by atoms with van der Waals surface area (Å²) < 4.78 is 5.48. The van der Waals surface area contributed by atoms with Crippen LogP contribution in [0.15, 0.2) is 77.4 Å². The van der Waals surface area contributed by atoms with Gasteiger partial charge < -0.3 is 9.73 Å². The van der Waals surface area contributed by atoms with Crippen LogP contribution in [-0.2, 0) is 4.79 Å². The maximum atomic E-state index is 12.2. The van der Waals surface area contributed by atoms with Gasteiger partial charge in [0, 0.05) is 17.8 Å². The first-order valence-electron chi connectivity index (χ1n) is 7.99. The second-order valence-electron chi connectivity index (χ2n) is 5.59. The number of nitrogens with one attached hydrogen (secondary N) is 2. The molecule has 3 aromatic rings. The van der Waals surface area contributed by atoms with Crippen LogP contribution in [0.3, 0.4) is 0 Å². The van der Waals surface area contributed by atoms with E-state index in [9.17, 15) is 14.9 Å². The Morgan fingerprint density at radius 1 is 1.04 bits per heavy atom. The number of hydrogen-bond acceptors (Lipinski definition) is 5. The first-order chi connectivity index (χ1) is 12.6. The van der Waals surface area contributed by atoms with Gasteiger partial charge >= 0.3 is 0 Å². The first kappa shape index (κ1) is 17.4. The van der Waals surface area contributed by atoms with E-state index in [0.29, 0.717) is 11.4 Å². The molecule has 0 aliphatic rings. The molecular weight excluding hydrogens is 334 g/mol. The molecule has 1 heterocycles. The quantitative estimate of drug-likeness (QED) is 0.501. The number of non-ortho nitro benzene ring substituents is 1. The average Bonchev–Trinajstić information content (AvgIpc) is 3.17. The van der Waals surface area contributed by atoms with Crippen LogP contribution in [0.1, 0.15) is 17.4 Å². The number of carbonyl (C=O) groups excluding carboxylic acids is 1. The topological polar surface area (TPSA) is 97.4 Å². The van der Waals surface area contributed by atoms with Gasteiger partial charge in [-0.05, 0) is 29.8 Å². The monoisotopic (exact) mass is 351 g/mol. The van der Waals surface area contributed by atoms with Crippen molar-refractivity contribution in [1.29, 1.82) is 0 Å². The van der Waals surface area contributed by atoms with Gasteiger partial charge in [0.15, 0.2) is 0 Å². The van der Waals surface area contributed by atoms with Crippen molar-refractivity contribution in [2.45, 2.75) is 6.04 Å². The Kier molecular flexibility index (Phi) is 5.40. The van der Waals surface area contributed by atoms with Gasteiger partial charge in [0.25, 0.3) is 5.69 Å². The number of hydrogen-bond donors (Lipinski definition) is 2. The predicted octanol–water partition coefficient (Wildman–Crippen LogP) is 3.51. The zero-order valence-corrected chi connectivity index (χ0v) is 13.8. The van der Waals surface area contributed by atoms with Gasteiger partial charge in [0.2, 0.25) is 5.91 Å². The second-order valence-corrected chi connectivity index (χ2v) is 5.59. The third-order valence-electron chi connectivity index (χ3n) is 3.79. The van der Waals surface area contributed by atoms with E-state index in [1.807, 2.05) is 36.4 Å². The maximum absolute atomic E-state index is 12.2. The van der Waals surface area contributed by atoms with E-state index in [2.05, 4.69) is 10.6 Å². The number of benzene rings is 2. The minimum atomic E-state index is -0.485. The lowest BCUT2D eigenvalue weighted by atomic mass is 10.0. The van der Waals surface area contributed by atoms with Crippen LogP contribution in [0.25, 0.3) is 0 Å². The molecule has 7 heteroatoms. The summed E-state index contributed by atoms with van der Waals surface area (Å²) in [7, 11) is 0. The molecule has 26 heavy (non-hydrogen) atoms. The summed E-state index contributed by atoms with van der Waals surface area (Å²) in [6.07, 6.45) is 1.59. The Morgan fingerprint density at radius 2 is 1.77 bits per heavy atom. The standard InChI is InChI=1S/C19H17N3O4/c23-18(21-15-8-10-16(11-9-15)22(24)25)13-20-19(17-7-4-12-26-17)14-5-2-1-3-6-14/h1-12,19-20H,13H2,(H,21,23)/t19-/m1/s1. The van der Waals surface area contributed by atoms with Crippen molar-refractivity contribution in [2.75, 3.05) is 11.9 Å². The maximum Gasteiger partial charge on any atom is 0.269 e. The van der Waals surface area contributed by atoms with Crippen LogP contribution in [0.4, 0.5) is 11.4 Å². The Labute approximate surface area is 149 Å². The van der Waals surface area contributed by atoms with Crippen LogP contribution in [0.5, 0.6) is 0 Å². The van der Waals surface area contributed by atoms with Crippen LogP contribution in [0, 0.1) is 10.1 Å². The molecule has 0 saturated carbocycles. The molecule has 0 fully saturated rings. The van der Waals surface area contributed by atoms with E-state index in [0.717, 1.165) is 5.56 Å². The van der Waals surface area contributed by atoms with Crippen molar-refractivity contribution in [3.63, 3.8) is 0 Å². The third kappa shape index (κ3) is 4.34. The Hall–Kier alpha value is -3.45. The van der Waals surface area contributed by atoms with E-state index < -0.39 is 4.92 Å². The summed E-state index contributed by atoms with van der Waals surface area (Å²) in [4.78, 5) is 22.4. The van der Waals surface area contributed by atoms with Crippen molar-refractivity contribution in [3.05, 3.63) is 94.4 Å². The highest BCUT2D eigenvalue weighted by atomic mass is 16.6. The molecule has 0 radical (unpaired) electrons. The molecule has 0 aliphatic carbocycles. The van der Waals surface area contributed by atoms with Crippen LogP contribution >= 0.6 is 0 Å². The van der Waals surface area contributed by atoms with Gasteiger partial charge in [-0.25, -0.2) is 0 Å². The molecule has 0 spiro atoms. The SMILES string of the molecule is O=C(CN[C@H](c1ccccc1)c1ccco1)Nc1ccc([N+](=O)[O-])cc1. The van der Waals surface area contributed by atoms with Gasteiger partial charge in [0.1, 0.15) is 5.76 Å². The number of rotatable bonds is 7. The zero-order chi connectivity index (χ0) is 18.4. The summed E-state index contributed by atoms with van der Waals surface area (Å²) in [5.41, 5.74) is 1.45. The van der Waals surface area contributed by atoms with E-state index >= 15 is 0 Å². The highest BCUT2D eigenvalue weighted by Crippen LogP contribution is 2.22. The van der Waals surface area contributed by atoms with Gasteiger partial charge in [-0.15, -0.1) is 0 Å². The lowest BCUT2D eigenvalue weighted by molar-refractivity contribution is -0.384. The molecule has 1 amide bonds. The fourth-order valence-corrected chi connectivity index (χ4v) is 2.55. The van der Waals surface area contributed by atoms with Gasteiger partial charge in [-0.1, -0.05) is 30.3 Å². The molecule has 0 bridgehead atoms. The summed E-state index contributed by atoms with van der Waals surface area (Å²) >= 11 is 0. The predicted molar refractivity (Wildman–Crippen MR) is 96.7 cm³/mol. The van der Waals surface area contributed by atoms with E-state index in [4.69, 9.17) is 4.42 Å². The fraction of sp³-hybridized carbons (Fsp3) is 0.105. The first-order valence-corrected chi connectivity index (χ1v) is 7.99. The van der Waals surface area contributed by atoms with E-state index in [1.165, 1.54) is 24.3 Å². The molecule has 2 N–H and O–H groups in total. The lowest BCUT2D eigenvalue weighted by Gasteiger charge is -2.17. The van der Waals surface area contributed by atoms with Gasteiger partial charge in [-0.2, -0.15) is 0 Å². The van der Waals surface area contributed by atoms with Crippen molar-refractivity contribution in [3.8, 4) is 0 Å². The minimum Gasteiger partial charge on any atom is -0.467 e. The molecule has 1 aromatic heterocycles. The normalized spacial score (nSPS) is 11.7. The molecular formula is C19H17N3O4. The number of carbonyl (C=O) groups is 1. The molecule has 0 aliphatic heterocycles. The number of furan rings is 1. The average molecular weight is 351 g/mol. The number of amides is 1. The summed E-state index contributed by atoms with van der Waals surface area (Å²) in [5.74, 6) is 0.450. The fourth-order valence-electron chi connectivity index (χ4n) is 2.55. The summed E-state index contributed by atoms with van der Waals surface area (Å²) in [6, 6.07) is 18.7. The van der Waals surface area contributed by atoms with Crippen LogP contribution in [0.2, 0.25) is 0 Å². The molecule has 132 valence electrons. The van der Waals surface area contributed by atoms with Gasteiger partial charge in [-0.3, -0.25) is 20.2 Å². The molecule has 7 nitrogen and oxygen atoms in total. The summed E-state index contributed by atoms with van der Waals surface area (Å²) in [6.45, 7) is 0.0528. The Bertz CT molecular complexity index is 862. The largest absolute Gasteiger partial charge is 0.467 e. The number of nitro benzene ring substituents is 1. The van der Waals surface area contributed by atoms with Crippen LogP contribution < -0.4 is 10.6 Å². The molecule has 1 atom stereocenters. The summed E-state index contributed by atoms with van der Waals surface area (Å²) in [5, 5.41) is 16.5. The lowest BCUT2D eigenvalue weighted by Crippen LogP contribution is -2.31. The zero-order valence-electron chi connectivity index (χ0n) is 13.8. The van der Waals surface area contributed by atoms with E-state index in [-0.39, 0.29) is 24.2 Å². The molecule has 0 saturated heterocycles. The minimum absolute atomic E-state index is 0.0249. The smallest absolute Gasteiger partial charge is 0.269 e. The highest BCUT2D eigenvalue weighted by molar-refractivity contribution is 5.92. The van der Waals surface area contributed by atoms with Crippen molar-refractivity contribution in [2.24, 2.45) is 0 Å². The highest BCUT2D eigenvalue weighted by Gasteiger charge is 2.17. The number of anilines is 1. The van der Waals surface area contributed by atoms with E-state index in [1.54, 1.807) is 12.3 Å². The third-order valence-corrected chi connectivity index (χ3v) is 3.79. The van der Waals surface area contributed by atoms with Crippen molar-refractivity contribution in [1.82, 2.24) is 5.32 Å². The van der Waals surface area contributed by atoms with Crippen molar-refractivity contribution >= 4 is 17.3 Å². The molecule has 0 unspecified atom stereocenters. The van der Waals surface area contributed by atoms with Gasteiger partial charge in [0.05, 0.1) is 23.8 Å². The number of nitrogens with zero attached hydrogens (tertiary/aromatic N) is 1. The molecule has 2 aromatic carbocycles. The van der Waals surface area contributed by atoms with Crippen molar-refractivity contribution < 1.29 is 14.1 Å². The van der Waals surface area contributed by atoms with Crippen LogP contribution in [-0.4, -0.2) is 17.4 Å². The number of nitro groups is 1. The Balaban J connectivity index is 1.63. The second kappa shape index (κ2) is 8.09.